The van der Waals surface area contributed by atoms with Crippen LogP contribution in [0, 0.1) is 23.4 Å². The minimum absolute atomic E-state index is 0.0595. The maximum atomic E-state index is 15.1. The van der Waals surface area contributed by atoms with Gasteiger partial charge in [-0.3, -0.25) is 14.4 Å². The van der Waals surface area contributed by atoms with Crippen LogP contribution in [0.5, 0.6) is 0 Å². The third-order valence-electron chi connectivity index (χ3n) is 6.86. The largest absolute Gasteiger partial charge is 0.442 e. The maximum Gasteiger partial charge on any atom is 0.442 e. The van der Waals surface area contributed by atoms with Crippen LogP contribution in [-0.2, 0) is 28.6 Å². The van der Waals surface area contributed by atoms with Crippen LogP contribution >= 0.6 is 46.6 Å². The Hall–Kier alpha value is -2.94. The van der Waals surface area contributed by atoms with Gasteiger partial charge in [-0.1, -0.05) is 17.7 Å². The second-order valence-electron chi connectivity index (χ2n) is 10.1. The van der Waals surface area contributed by atoms with Crippen LogP contribution in [0.3, 0.4) is 0 Å². The minimum Gasteiger partial charge on any atom is -0.326 e. The topological polar surface area (TPSA) is 63.2 Å². The lowest BCUT2D eigenvalue weighted by atomic mass is 9.98. The van der Waals surface area contributed by atoms with Crippen LogP contribution in [0.2, 0.25) is 5.02 Å². The highest BCUT2D eigenvalue weighted by Gasteiger charge is 2.67. The summed E-state index contributed by atoms with van der Waals surface area (Å²) in [6, 6.07) is 6.85. The quantitative estimate of drug-likeness (QED) is 0.128. The molecular formula is C29H17Cl3F9NO3S. The van der Waals surface area contributed by atoms with Crippen molar-refractivity contribution in [1.29, 1.82) is 0 Å². The molecule has 0 spiro atoms. The van der Waals surface area contributed by atoms with Crippen molar-refractivity contribution in [1.82, 2.24) is 0 Å². The molecule has 0 aromatic heterocycles. The van der Waals surface area contributed by atoms with E-state index < -0.39 is 110 Å². The summed E-state index contributed by atoms with van der Waals surface area (Å²) in [7, 11) is 0. The number of alkyl halides is 8. The number of ketones is 2. The van der Waals surface area contributed by atoms with Crippen molar-refractivity contribution < 1.29 is 53.9 Å². The van der Waals surface area contributed by atoms with Gasteiger partial charge in [0.2, 0.25) is 5.91 Å². The highest BCUT2D eigenvalue weighted by atomic mass is 35.5. The number of thioether (sulfide) groups is 1. The van der Waals surface area contributed by atoms with Crippen LogP contribution in [-0.4, -0.2) is 33.1 Å². The molecule has 3 aromatic carbocycles. The Balaban J connectivity index is 1.50. The molecule has 1 saturated carbocycles. The molecule has 3 aromatic rings. The Morgan fingerprint density at radius 2 is 1.57 bits per heavy atom. The molecule has 1 aliphatic carbocycles. The molecule has 1 aliphatic rings. The van der Waals surface area contributed by atoms with E-state index in [1.807, 2.05) is 0 Å². The Morgan fingerprint density at radius 3 is 2.20 bits per heavy atom. The number of benzene rings is 3. The van der Waals surface area contributed by atoms with Crippen molar-refractivity contribution in [3.05, 3.63) is 98.8 Å². The summed E-state index contributed by atoms with van der Waals surface area (Å²) in [5.41, 5.74) is -7.84. The van der Waals surface area contributed by atoms with Gasteiger partial charge in [-0.15, -0.1) is 23.2 Å². The lowest BCUT2D eigenvalue weighted by Crippen LogP contribution is -2.18. The van der Waals surface area contributed by atoms with Gasteiger partial charge in [0.05, 0.1) is 22.3 Å². The van der Waals surface area contributed by atoms with E-state index in [1.165, 1.54) is 12.1 Å². The summed E-state index contributed by atoms with van der Waals surface area (Å²) in [5, 5.41) is 2.24. The van der Waals surface area contributed by atoms with E-state index in [2.05, 4.69) is 5.32 Å². The first kappa shape index (κ1) is 35.9. The van der Waals surface area contributed by atoms with Crippen molar-refractivity contribution in [2.75, 3.05) is 11.1 Å². The second-order valence-corrected chi connectivity index (χ2v) is 13.0. The lowest BCUT2D eigenvalue weighted by Gasteiger charge is -2.12. The molecule has 1 N–H and O–H groups in total. The number of amides is 1. The highest BCUT2D eigenvalue weighted by Crippen LogP contribution is 2.65. The molecule has 17 heteroatoms. The van der Waals surface area contributed by atoms with Crippen molar-refractivity contribution >= 4 is 69.7 Å². The summed E-state index contributed by atoms with van der Waals surface area (Å²) in [5.74, 6) is -10.2. The van der Waals surface area contributed by atoms with Crippen molar-refractivity contribution in [3.63, 3.8) is 0 Å². The Labute approximate surface area is 273 Å². The molecule has 246 valence electrons. The third kappa shape index (κ3) is 8.31. The van der Waals surface area contributed by atoms with Crippen molar-refractivity contribution in [2.24, 2.45) is 5.92 Å². The number of halogens is 12. The van der Waals surface area contributed by atoms with Gasteiger partial charge in [0.1, 0.15) is 27.6 Å². The van der Waals surface area contributed by atoms with E-state index in [0.717, 1.165) is 24.3 Å². The van der Waals surface area contributed by atoms with E-state index in [4.69, 9.17) is 34.8 Å². The van der Waals surface area contributed by atoms with E-state index in [1.54, 1.807) is 0 Å². The Morgan fingerprint density at radius 1 is 0.891 bits per heavy atom. The number of hydrogen-bond acceptors (Lipinski definition) is 4. The summed E-state index contributed by atoms with van der Waals surface area (Å²) in [6.45, 7) is 0. The van der Waals surface area contributed by atoms with Gasteiger partial charge in [0.15, 0.2) is 5.78 Å². The molecule has 46 heavy (non-hydrogen) atoms. The normalized spacial score (nSPS) is 17.5. The fraction of sp³-hybridized carbons (Fsp3) is 0.276. The van der Waals surface area contributed by atoms with E-state index in [-0.39, 0.29) is 27.9 Å². The number of hydrogen-bond donors (Lipinski definition) is 1. The predicted octanol–water partition coefficient (Wildman–Crippen LogP) is 9.09. The molecule has 1 fully saturated rings. The van der Waals surface area contributed by atoms with Crippen molar-refractivity contribution in [3.8, 4) is 0 Å². The van der Waals surface area contributed by atoms with E-state index in [0.29, 0.717) is 6.07 Å². The van der Waals surface area contributed by atoms with Crippen LogP contribution in [0.1, 0.15) is 38.5 Å². The van der Waals surface area contributed by atoms with Gasteiger partial charge in [0, 0.05) is 35.6 Å². The smallest absolute Gasteiger partial charge is 0.326 e. The molecule has 0 radical (unpaired) electrons. The van der Waals surface area contributed by atoms with E-state index >= 15 is 4.39 Å². The number of Topliss-reactive ketones (excluding diaryl/α,β-unsaturated/α-hetero) is 2. The second kappa shape index (κ2) is 13.3. The molecule has 0 bridgehead atoms. The summed E-state index contributed by atoms with van der Waals surface area (Å²) in [6.07, 6.45) is -6.62. The monoisotopic (exact) mass is 735 g/mol. The maximum absolute atomic E-state index is 15.1. The van der Waals surface area contributed by atoms with Gasteiger partial charge in [0.25, 0.3) is 0 Å². The SMILES string of the molecule is O=C(CSC(F)(F)F)Cc1c(F)ccc(CC(=O)c2cc(NC(=O)[C@H]3[C@H](c4cc(F)cc(C(F)(F)F)c4)C3(Cl)Cl)ccc2Cl)c1F. The number of anilines is 1. The van der Waals surface area contributed by atoms with Crippen molar-refractivity contribution in [2.45, 2.75) is 34.8 Å². The Kier molecular flexibility index (Phi) is 10.4. The standard InChI is InChI=1S/C29H17Cl3F9NO3S/c30-20-3-2-16(42-26(45)24-23(27(24,31)32)13-5-14(28(36,37)38)8-15(33)6-13)9-18(20)22(44)7-12-1-4-21(34)19(25(12)35)10-17(43)11-46-29(39,40)41/h1-6,8-9,23-24H,7,10-11H2,(H,42,45)/t23-,24+/m0/s1. The minimum atomic E-state index is -4.89. The first-order valence-electron chi connectivity index (χ1n) is 12.8. The zero-order chi connectivity index (χ0) is 34.4. The van der Waals surface area contributed by atoms with Crippen LogP contribution in [0.15, 0.2) is 48.5 Å². The molecular weight excluding hydrogens is 720 g/mol. The van der Waals surface area contributed by atoms with Gasteiger partial charge in [-0.25, -0.2) is 13.2 Å². The van der Waals surface area contributed by atoms with Crippen LogP contribution in [0.4, 0.5) is 45.2 Å². The number of rotatable bonds is 10. The summed E-state index contributed by atoms with van der Waals surface area (Å²) >= 11 is 17.8. The zero-order valence-corrected chi connectivity index (χ0v) is 25.6. The molecule has 0 saturated heterocycles. The first-order chi connectivity index (χ1) is 21.2. The molecule has 2 atom stereocenters. The van der Waals surface area contributed by atoms with Crippen LogP contribution in [0.25, 0.3) is 0 Å². The van der Waals surface area contributed by atoms with Gasteiger partial charge >= 0.3 is 11.7 Å². The molecule has 0 heterocycles. The first-order valence-corrected chi connectivity index (χ1v) is 14.9. The average Bonchev–Trinajstić information content (AvgIpc) is 3.53. The van der Waals surface area contributed by atoms with Gasteiger partial charge in [-0.2, -0.15) is 26.3 Å². The lowest BCUT2D eigenvalue weighted by molar-refractivity contribution is -0.137. The molecule has 0 unspecified atom stereocenters. The summed E-state index contributed by atoms with van der Waals surface area (Å²) in [4.78, 5) is 38.0. The number of carbonyl (C=O) groups excluding carboxylic acids is 3. The van der Waals surface area contributed by atoms with E-state index in [9.17, 15) is 49.5 Å². The predicted molar refractivity (Wildman–Crippen MR) is 154 cm³/mol. The summed E-state index contributed by atoms with van der Waals surface area (Å²) < 4.78 is 118. The fourth-order valence-electron chi connectivity index (χ4n) is 4.68. The van der Waals surface area contributed by atoms with Gasteiger partial charge < -0.3 is 5.32 Å². The molecule has 4 rings (SSSR count). The number of nitrogens with one attached hydrogen (secondary N) is 1. The molecule has 1 amide bonds. The fourth-order valence-corrected chi connectivity index (χ4v) is 6.16. The number of carbonyl (C=O) groups is 3. The van der Waals surface area contributed by atoms with Gasteiger partial charge in [-0.05, 0) is 65.4 Å². The van der Waals surface area contributed by atoms with Crippen LogP contribution < -0.4 is 5.32 Å². The highest BCUT2D eigenvalue weighted by molar-refractivity contribution is 8.00. The zero-order valence-electron chi connectivity index (χ0n) is 22.6. The average molecular weight is 737 g/mol. The third-order valence-corrected chi connectivity index (χ3v) is 8.93. The molecule has 4 nitrogen and oxygen atoms in total. The molecule has 0 aliphatic heterocycles. The Bertz CT molecular complexity index is 1710.